The van der Waals surface area contributed by atoms with Gasteiger partial charge in [-0.15, -0.1) is 11.3 Å². The average Bonchev–Trinajstić information content (AvgIpc) is 2.84. The zero-order chi connectivity index (χ0) is 14.3. The second-order valence-corrected chi connectivity index (χ2v) is 4.90. The van der Waals surface area contributed by atoms with Crippen molar-refractivity contribution in [1.29, 1.82) is 0 Å². The highest BCUT2D eigenvalue weighted by atomic mass is 32.1. The number of carboxylic acid groups (broad SMARTS) is 1. The SMILES string of the molecule is CCc1cnc(CNC(=O)NCC(OC)C(=O)O)s1. The molecule has 0 aliphatic carbocycles. The molecule has 0 aliphatic rings. The van der Waals surface area contributed by atoms with Gasteiger partial charge in [0.2, 0.25) is 0 Å². The number of aliphatic carboxylic acids is 1. The van der Waals surface area contributed by atoms with E-state index < -0.39 is 18.1 Å². The number of nitrogens with one attached hydrogen (secondary N) is 2. The number of methoxy groups -OCH3 is 1. The molecule has 1 atom stereocenters. The minimum absolute atomic E-state index is 0.0876. The number of aryl methyl sites for hydroxylation is 1. The number of ether oxygens (including phenoxy) is 1. The maximum Gasteiger partial charge on any atom is 0.334 e. The van der Waals surface area contributed by atoms with Crippen molar-refractivity contribution in [3.63, 3.8) is 0 Å². The molecule has 0 spiro atoms. The molecular formula is C11H17N3O4S. The Morgan fingerprint density at radius 3 is 2.79 bits per heavy atom. The fourth-order valence-corrected chi connectivity index (χ4v) is 2.07. The van der Waals surface area contributed by atoms with E-state index in [0.717, 1.165) is 16.3 Å². The molecule has 106 valence electrons. The van der Waals surface area contributed by atoms with Crippen molar-refractivity contribution in [1.82, 2.24) is 15.6 Å². The predicted molar refractivity (Wildman–Crippen MR) is 70.2 cm³/mol. The molecule has 0 radical (unpaired) electrons. The Balaban J connectivity index is 2.29. The van der Waals surface area contributed by atoms with Crippen LogP contribution in [0.4, 0.5) is 4.79 Å². The summed E-state index contributed by atoms with van der Waals surface area (Å²) in [7, 11) is 1.28. The molecule has 0 fully saturated rings. The smallest absolute Gasteiger partial charge is 0.334 e. The Hall–Kier alpha value is -1.67. The first-order valence-electron chi connectivity index (χ1n) is 5.77. The number of thiazole rings is 1. The quantitative estimate of drug-likeness (QED) is 0.682. The first-order valence-corrected chi connectivity index (χ1v) is 6.59. The van der Waals surface area contributed by atoms with Crippen LogP contribution in [0.3, 0.4) is 0 Å². The monoisotopic (exact) mass is 287 g/mol. The van der Waals surface area contributed by atoms with Crippen molar-refractivity contribution >= 4 is 23.3 Å². The highest BCUT2D eigenvalue weighted by Crippen LogP contribution is 2.12. The number of carbonyl (C=O) groups is 2. The van der Waals surface area contributed by atoms with Gasteiger partial charge in [-0.3, -0.25) is 0 Å². The summed E-state index contributed by atoms with van der Waals surface area (Å²) in [6, 6.07) is -0.448. The minimum Gasteiger partial charge on any atom is -0.479 e. The van der Waals surface area contributed by atoms with Crippen LogP contribution < -0.4 is 10.6 Å². The lowest BCUT2D eigenvalue weighted by atomic mass is 10.3. The van der Waals surface area contributed by atoms with Crippen molar-refractivity contribution in [2.75, 3.05) is 13.7 Å². The van der Waals surface area contributed by atoms with E-state index in [-0.39, 0.29) is 6.54 Å². The minimum atomic E-state index is -1.12. The Morgan fingerprint density at radius 2 is 2.26 bits per heavy atom. The molecule has 0 bridgehead atoms. The van der Waals surface area contributed by atoms with Gasteiger partial charge in [0.05, 0.1) is 13.1 Å². The zero-order valence-electron chi connectivity index (χ0n) is 10.8. The van der Waals surface area contributed by atoms with E-state index in [2.05, 4.69) is 15.6 Å². The van der Waals surface area contributed by atoms with Crippen LogP contribution in [0.2, 0.25) is 0 Å². The number of carboxylic acids is 1. The summed E-state index contributed by atoms with van der Waals surface area (Å²) in [5, 5.41) is 14.6. The molecule has 0 saturated heterocycles. The van der Waals surface area contributed by atoms with E-state index in [1.165, 1.54) is 18.4 Å². The fraction of sp³-hybridized carbons (Fsp3) is 0.545. The highest BCUT2D eigenvalue weighted by molar-refractivity contribution is 7.11. The third-order valence-electron chi connectivity index (χ3n) is 2.36. The zero-order valence-corrected chi connectivity index (χ0v) is 11.6. The fourth-order valence-electron chi connectivity index (χ4n) is 1.27. The van der Waals surface area contributed by atoms with E-state index in [9.17, 15) is 9.59 Å². The lowest BCUT2D eigenvalue weighted by molar-refractivity contribution is -0.147. The van der Waals surface area contributed by atoms with Crippen LogP contribution in [0.1, 0.15) is 16.8 Å². The molecule has 2 amide bonds. The number of hydrogen-bond donors (Lipinski definition) is 3. The highest BCUT2D eigenvalue weighted by Gasteiger charge is 2.16. The van der Waals surface area contributed by atoms with E-state index in [0.29, 0.717) is 6.54 Å². The molecule has 1 aromatic rings. The van der Waals surface area contributed by atoms with Crippen LogP contribution in [0.25, 0.3) is 0 Å². The van der Waals surface area contributed by atoms with Gasteiger partial charge in [-0.25, -0.2) is 14.6 Å². The molecular weight excluding hydrogens is 270 g/mol. The van der Waals surface area contributed by atoms with Gasteiger partial charge in [-0.2, -0.15) is 0 Å². The Kier molecular flexibility index (Phi) is 6.23. The number of hydrogen-bond acceptors (Lipinski definition) is 5. The molecule has 1 rings (SSSR count). The van der Waals surface area contributed by atoms with Gasteiger partial charge in [0.25, 0.3) is 0 Å². The van der Waals surface area contributed by atoms with Crippen LogP contribution in [-0.4, -0.2) is 41.8 Å². The van der Waals surface area contributed by atoms with Crippen molar-refractivity contribution < 1.29 is 19.4 Å². The number of nitrogens with zero attached hydrogens (tertiary/aromatic N) is 1. The third kappa shape index (κ3) is 5.23. The summed E-state index contributed by atoms with van der Waals surface area (Å²) in [4.78, 5) is 27.4. The molecule has 7 nitrogen and oxygen atoms in total. The molecule has 3 N–H and O–H groups in total. The van der Waals surface area contributed by atoms with Gasteiger partial charge in [0, 0.05) is 18.2 Å². The van der Waals surface area contributed by atoms with E-state index >= 15 is 0 Å². The maximum absolute atomic E-state index is 11.4. The third-order valence-corrected chi connectivity index (χ3v) is 3.50. The largest absolute Gasteiger partial charge is 0.479 e. The molecule has 0 aromatic carbocycles. The summed E-state index contributed by atoms with van der Waals surface area (Å²) in [6.07, 6.45) is 1.65. The maximum atomic E-state index is 11.4. The Morgan fingerprint density at radius 1 is 1.53 bits per heavy atom. The predicted octanol–water partition coefficient (Wildman–Crippen LogP) is 0.604. The second-order valence-electron chi connectivity index (χ2n) is 3.70. The molecule has 1 unspecified atom stereocenters. The molecule has 0 aliphatic heterocycles. The number of aromatic nitrogens is 1. The normalized spacial score (nSPS) is 11.9. The number of rotatable bonds is 7. The molecule has 0 saturated carbocycles. The summed E-state index contributed by atoms with van der Waals surface area (Å²) < 4.78 is 4.69. The van der Waals surface area contributed by atoms with Gasteiger partial charge in [0.15, 0.2) is 6.10 Å². The lowest BCUT2D eigenvalue weighted by Crippen LogP contribution is -2.42. The standard InChI is InChI=1S/C11H17N3O4S/c1-3-7-4-12-9(19-7)6-14-11(17)13-5-8(18-2)10(15)16/h4,8H,3,5-6H2,1-2H3,(H,15,16)(H2,13,14,17). The van der Waals surface area contributed by atoms with Crippen molar-refractivity contribution in [2.24, 2.45) is 0 Å². The van der Waals surface area contributed by atoms with E-state index in [4.69, 9.17) is 9.84 Å². The van der Waals surface area contributed by atoms with Crippen molar-refractivity contribution in [3.8, 4) is 0 Å². The molecule has 1 heterocycles. The van der Waals surface area contributed by atoms with Gasteiger partial charge < -0.3 is 20.5 Å². The number of amides is 2. The first kappa shape index (κ1) is 15.4. The lowest BCUT2D eigenvalue weighted by Gasteiger charge is -2.11. The second kappa shape index (κ2) is 7.70. The van der Waals surface area contributed by atoms with Crippen LogP contribution in [0, 0.1) is 0 Å². The first-order chi connectivity index (χ1) is 9.06. The van der Waals surface area contributed by atoms with E-state index in [1.807, 2.05) is 6.92 Å². The van der Waals surface area contributed by atoms with Gasteiger partial charge in [0.1, 0.15) is 5.01 Å². The van der Waals surface area contributed by atoms with Crippen LogP contribution in [0.15, 0.2) is 6.20 Å². The average molecular weight is 287 g/mol. The summed E-state index contributed by atoms with van der Waals surface area (Å²) in [5.41, 5.74) is 0. The van der Waals surface area contributed by atoms with Crippen LogP contribution in [-0.2, 0) is 22.5 Å². The topological polar surface area (TPSA) is 101 Å². The van der Waals surface area contributed by atoms with Crippen molar-refractivity contribution in [3.05, 3.63) is 16.1 Å². The molecule has 1 aromatic heterocycles. The van der Waals surface area contributed by atoms with Crippen LogP contribution in [0.5, 0.6) is 0 Å². The summed E-state index contributed by atoms with van der Waals surface area (Å²) >= 11 is 1.54. The Bertz CT molecular complexity index is 435. The van der Waals surface area contributed by atoms with Crippen molar-refractivity contribution in [2.45, 2.75) is 26.0 Å². The van der Waals surface area contributed by atoms with E-state index in [1.54, 1.807) is 6.20 Å². The van der Waals surface area contributed by atoms with Gasteiger partial charge >= 0.3 is 12.0 Å². The summed E-state index contributed by atoms with van der Waals surface area (Å²) in [6.45, 7) is 2.27. The number of carbonyl (C=O) groups excluding carboxylic acids is 1. The van der Waals surface area contributed by atoms with Gasteiger partial charge in [-0.05, 0) is 6.42 Å². The summed E-state index contributed by atoms with van der Waals surface area (Å²) in [5.74, 6) is -1.12. The number of urea groups is 1. The Labute approximate surface area is 115 Å². The molecule has 8 heteroatoms. The van der Waals surface area contributed by atoms with Gasteiger partial charge in [-0.1, -0.05) is 6.92 Å². The molecule has 19 heavy (non-hydrogen) atoms. The van der Waals surface area contributed by atoms with Crippen LogP contribution >= 0.6 is 11.3 Å².